The highest BCUT2D eigenvalue weighted by Gasteiger charge is 2.14. The predicted octanol–water partition coefficient (Wildman–Crippen LogP) is 1.97. The summed E-state index contributed by atoms with van der Waals surface area (Å²) in [6.45, 7) is 2.05. The van der Waals surface area contributed by atoms with Crippen molar-refractivity contribution in [3.63, 3.8) is 0 Å². The van der Waals surface area contributed by atoms with Crippen molar-refractivity contribution in [3.8, 4) is 0 Å². The second kappa shape index (κ2) is 5.04. The van der Waals surface area contributed by atoms with Crippen LogP contribution >= 0.6 is 0 Å². The van der Waals surface area contributed by atoms with Gasteiger partial charge in [-0.05, 0) is 32.5 Å². The molecule has 0 aliphatic carbocycles. The molecule has 1 rings (SSSR count). The molecule has 0 fully saturated rings. The van der Waals surface area contributed by atoms with Gasteiger partial charge in [-0.25, -0.2) is 0 Å². The van der Waals surface area contributed by atoms with Crippen LogP contribution in [0.15, 0.2) is 22.8 Å². The predicted molar refractivity (Wildman–Crippen MR) is 51.6 cm³/mol. The van der Waals surface area contributed by atoms with E-state index in [2.05, 4.69) is 5.32 Å². The summed E-state index contributed by atoms with van der Waals surface area (Å²) in [6, 6.07) is 4.12. The van der Waals surface area contributed by atoms with E-state index in [1.807, 2.05) is 26.1 Å². The molecule has 0 bridgehead atoms. The van der Waals surface area contributed by atoms with Gasteiger partial charge in [0.15, 0.2) is 0 Å². The quantitative estimate of drug-likeness (QED) is 0.757. The van der Waals surface area contributed by atoms with E-state index in [0.717, 1.165) is 12.2 Å². The van der Waals surface area contributed by atoms with Crippen LogP contribution < -0.4 is 5.32 Å². The van der Waals surface area contributed by atoms with Crippen LogP contribution in [0.25, 0.3) is 0 Å². The van der Waals surface area contributed by atoms with E-state index in [1.54, 1.807) is 13.4 Å². The van der Waals surface area contributed by atoms with Crippen LogP contribution in [-0.4, -0.2) is 20.3 Å². The summed E-state index contributed by atoms with van der Waals surface area (Å²) in [5.41, 5.74) is 0. The highest BCUT2D eigenvalue weighted by molar-refractivity contribution is 5.04. The van der Waals surface area contributed by atoms with Crippen LogP contribution in [0.3, 0.4) is 0 Å². The van der Waals surface area contributed by atoms with Gasteiger partial charge >= 0.3 is 0 Å². The van der Waals surface area contributed by atoms with Crippen molar-refractivity contribution in [2.75, 3.05) is 14.2 Å². The van der Waals surface area contributed by atoms with Crippen LogP contribution in [0.2, 0.25) is 0 Å². The largest absolute Gasteiger partial charge is 0.468 e. The van der Waals surface area contributed by atoms with E-state index in [0.29, 0.717) is 0 Å². The molecule has 0 saturated heterocycles. The van der Waals surface area contributed by atoms with Gasteiger partial charge in [-0.2, -0.15) is 0 Å². The SMILES string of the molecule is CNC(CC(C)OC)c1ccco1. The van der Waals surface area contributed by atoms with E-state index in [1.165, 1.54) is 0 Å². The summed E-state index contributed by atoms with van der Waals surface area (Å²) in [4.78, 5) is 0. The molecular formula is C10H17NO2. The molecule has 2 atom stereocenters. The Balaban J connectivity index is 2.53. The van der Waals surface area contributed by atoms with Crippen molar-refractivity contribution >= 4 is 0 Å². The zero-order chi connectivity index (χ0) is 9.68. The van der Waals surface area contributed by atoms with Gasteiger partial charge in [0.1, 0.15) is 5.76 Å². The van der Waals surface area contributed by atoms with Crippen molar-refractivity contribution in [3.05, 3.63) is 24.2 Å². The highest BCUT2D eigenvalue weighted by atomic mass is 16.5. The molecule has 74 valence electrons. The molecule has 0 aliphatic rings. The standard InChI is InChI=1S/C10H17NO2/c1-8(12-3)7-9(11-2)10-5-4-6-13-10/h4-6,8-9,11H,7H2,1-3H3. The number of hydrogen-bond acceptors (Lipinski definition) is 3. The Morgan fingerprint density at radius 2 is 2.38 bits per heavy atom. The Labute approximate surface area is 79.1 Å². The fraction of sp³-hybridized carbons (Fsp3) is 0.600. The molecule has 0 aromatic carbocycles. The van der Waals surface area contributed by atoms with E-state index in [4.69, 9.17) is 9.15 Å². The topological polar surface area (TPSA) is 34.4 Å². The minimum absolute atomic E-state index is 0.238. The third-order valence-electron chi connectivity index (χ3n) is 2.21. The molecular weight excluding hydrogens is 166 g/mol. The zero-order valence-electron chi connectivity index (χ0n) is 8.41. The Kier molecular flexibility index (Phi) is 3.99. The molecule has 0 saturated carbocycles. The Morgan fingerprint density at radius 3 is 2.85 bits per heavy atom. The van der Waals surface area contributed by atoms with Crippen LogP contribution in [0.4, 0.5) is 0 Å². The maximum Gasteiger partial charge on any atom is 0.120 e. The molecule has 1 aromatic heterocycles. The Hall–Kier alpha value is -0.800. The first kappa shape index (κ1) is 10.3. The average molecular weight is 183 g/mol. The summed E-state index contributed by atoms with van der Waals surface area (Å²) >= 11 is 0. The van der Waals surface area contributed by atoms with Crippen molar-refractivity contribution in [1.29, 1.82) is 0 Å². The average Bonchev–Trinajstić information content (AvgIpc) is 2.66. The molecule has 1 N–H and O–H groups in total. The molecule has 0 radical (unpaired) electrons. The number of methoxy groups -OCH3 is 1. The third-order valence-corrected chi connectivity index (χ3v) is 2.21. The molecule has 13 heavy (non-hydrogen) atoms. The lowest BCUT2D eigenvalue weighted by Gasteiger charge is -2.17. The van der Waals surface area contributed by atoms with Gasteiger partial charge in [-0.1, -0.05) is 0 Å². The van der Waals surface area contributed by atoms with E-state index >= 15 is 0 Å². The lowest BCUT2D eigenvalue weighted by atomic mass is 10.1. The first-order valence-corrected chi connectivity index (χ1v) is 4.51. The molecule has 1 heterocycles. The number of nitrogens with one attached hydrogen (secondary N) is 1. The third kappa shape index (κ3) is 2.86. The van der Waals surface area contributed by atoms with Crippen molar-refractivity contribution in [1.82, 2.24) is 5.32 Å². The smallest absolute Gasteiger partial charge is 0.120 e. The van der Waals surface area contributed by atoms with E-state index in [9.17, 15) is 0 Å². The molecule has 0 amide bonds. The van der Waals surface area contributed by atoms with Gasteiger partial charge in [0.25, 0.3) is 0 Å². The highest BCUT2D eigenvalue weighted by Crippen LogP contribution is 2.19. The van der Waals surface area contributed by atoms with Gasteiger partial charge in [0.05, 0.1) is 18.4 Å². The monoisotopic (exact) mass is 183 g/mol. The minimum Gasteiger partial charge on any atom is -0.468 e. The van der Waals surface area contributed by atoms with Gasteiger partial charge in [0.2, 0.25) is 0 Å². The minimum atomic E-state index is 0.238. The summed E-state index contributed by atoms with van der Waals surface area (Å²) < 4.78 is 10.5. The molecule has 3 heteroatoms. The summed E-state index contributed by atoms with van der Waals surface area (Å²) in [5.74, 6) is 0.964. The van der Waals surface area contributed by atoms with Crippen LogP contribution in [0, 0.1) is 0 Å². The lowest BCUT2D eigenvalue weighted by molar-refractivity contribution is 0.0986. The number of hydrogen-bond donors (Lipinski definition) is 1. The van der Waals surface area contributed by atoms with Crippen LogP contribution in [0.1, 0.15) is 25.1 Å². The summed E-state index contributed by atoms with van der Waals surface area (Å²) in [6.07, 6.45) is 2.85. The molecule has 3 nitrogen and oxygen atoms in total. The molecule has 0 spiro atoms. The summed E-state index contributed by atoms with van der Waals surface area (Å²) in [5, 5.41) is 3.20. The number of ether oxygens (including phenoxy) is 1. The first-order chi connectivity index (χ1) is 6.27. The van der Waals surface area contributed by atoms with Gasteiger partial charge in [0, 0.05) is 7.11 Å². The second-order valence-corrected chi connectivity index (χ2v) is 3.14. The van der Waals surface area contributed by atoms with Gasteiger partial charge in [-0.15, -0.1) is 0 Å². The lowest BCUT2D eigenvalue weighted by Crippen LogP contribution is -2.21. The Morgan fingerprint density at radius 1 is 1.62 bits per heavy atom. The van der Waals surface area contributed by atoms with Crippen molar-refractivity contribution < 1.29 is 9.15 Å². The zero-order valence-corrected chi connectivity index (χ0v) is 8.41. The fourth-order valence-electron chi connectivity index (χ4n) is 1.29. The van der Waals surface area contributed by atoms with Crippen molar-refractivity contribution in [2.24, 2.45) is 0 Å². The maximum atomic E-state index is 5.31. The van der Waals surface area contributed by atoms with E-state index < -0.39 is 0 Å². The number of furan rings is 1. The van der Waals surface area contributed by atoms with E-state index in [-0.39, 0.29) is 12.1 Å². The Bertz CT molecular complexity index is 221. The normalized spacial score (nSPS) is 15.6. The number of rotatable bonds is 5. The fourth-order valence-corrected chi connectivity index (χ4v) is 1.29. The summed E-state index contributed by atoms with van der Waals surface area (Å²) in [7, 11) is 3.65. The van der Waals surface area contributed by atoms with Crippen LogP contribution in [-0.2, 0) is 4.74 Å². The molecule has 1 aromatic rings. The van der Waals surface area contributed by atoms with Crippen LogP contribution in [0.5, 0.6) is 0 Å². The van der Waals surface area contributed by atoms with Crippen molar-refractivity contribution in [2.45, 2.75) is 25.5 Å². The van der Waals surface area contributed by atoms with Gasteiger partial charge < -0.3 is 14.5 Å². The second-order valence-electron chi connectivity index (χ2n) is 3.14. The van der Waals surface area contributed by atoms with Gasteiger partial charge in [-0.3, -0.25) is 0 Å². The first-order valence-electron chi connectivity index (χ1n) is 4.51. The molecule has 0 aliphatic heterocycles. The molecule has 2 unspecified atom stereocenters. The maximum absolute atomic E-state index is 5.31.